The van der Waals surface area contributed by atoms with Gasteiger partial charge in [0.2, 0.25) is 5.91 Å². The average molecular weight is 438 g/mol. The molecule has 8 heteroatoms. The molecule has 0 aliphatic rings. The maximum absolute atomic E-state index is 12.4. The average Bonchev–Trinajstić information content (AvgIpc) is 3.18. The van der Waals surface area contributed by atoms with Crippen molar-refractivity contribution in [2.45, 2.75) is 38.5 Å². The first-order valence-corrected chi connectivity index (χ1v) is 11.3. The standard InChI is InChI=1S/C23H27N5O2S/c1-3-28-20(15-25-22(30)19-11-7-8-17(2)14-19)26-27-23(28)31-16-21(29)24-13-12-18-9-5-4-6-10-18/h4-11,14H,3,12-13,15-16H2,1-2H3,(H,24,29)(H,25,30). The number of aryl methyl sites for hydroxylation is 1. The monoisotopic (exact) mass is 437 g/mol. The molecule has 0 unspecified atom stereocenters. The molecule has 0 bridgehead atoms. The molecule has 0 fully saturated rings. The van der Waals surface area contributed by atoms with Crippen molar-refractivity contribution in [1.29, 1.82) is 0 Å². The summed E-state index contributed by atoms with van der Waals surface area (Å²) >= 11 is 1.34. The summed E-state index contributed by atoms with van der Waals surface area (Å²) in [7, 11) is 0. The summed E-state index contributed by atoms with van der Waals surface area (Å²) in [5.41, 5.74) is 2.84. The smallest absolute Gasteiger partial charge is 0.251 e. The zero-order valence-electron chi connectivity index (χ0n) is 17.8. The van der Waals surface area contributed by atoms with Crippen molar-refractivity contribution in [3.8, 4) is 0 Å². The summed E-state index contributed by atoms with van der Waals surface area (Å²) in [5, 5.41) is 14.9. The van der Waals surface area contributed by atoms with Crippen LogP contribution in [0.2, 0.25) is 0 Å². The molecular formula is C23H27N5O2S. The second kappa shape index (κ2) is 11.3. The molecule has 3 rings (SSSR count). The predicted molar refractivity (Wildman–Crippen MR) is 122 cm³/mol. The number of amides is 2. The number of hydrogen-bond acceptors (Lipinski definition) is 5. The molecule has 0 saturated heterocycles. The van der Waals surface area contributed by atoms with Crippen LogP contribution in [0.3, 0.4) is 0 Å². The minimum atomic E-state index is -0.152. The number of aromatic nitrogens is 3. The summed E-state index contributed by atoms with van der Waals surface area (Å²) in [5.74, 6) is 0.737. The Bertz CT molecular complexity index is 1020. The topological polar surface area (TPSA) is 88.9 Å². The molecule has 0 saturated carbocycles. The summed E-state index contributed by atoms with van der Waals surface area (Å²) in [6.45, 7) is 5.46. The SMILES string of the molecule is CCn1c(CNC(=O)c2cccc(C)c2)nnc1SCC(=O)NCCc1ccccc1. The number of benzene rings is 2. The Morgan fingerprint density at radius 1 is 1.03 bits per heavy atom. The molecule has 2 N–H and O–H groups in total. The number of thioether (sulfide) groups is 1. The first-order chi connectivity index (χ1) is 15.1. The quantitative estimate of drug-likeness (QED) is 0.476. The van der Waals surface area contributed by atoms with Gasteiger partial charge in [-0.25, -0.2) is 0 Å². The fourth-order valence-corrected chi connectivity index (χ4v) is 3.95. The molecular weight excluding hydrogens is 410 g/mol. The summed E-state index contributed by atoms with van der Waals surface area (Å²) in [6, 6.07) is 17.5. The van der Waals surface area contributed by atoms with Gasteiger partial charge in [0.1, 0.15) is 0 Å². The van der Waals surface area contributed by atoms with E-state index in [-0.39, 0.29) is 24.1 Å². The largest absolute Gasteiger partial charge is 0.355 e. The van der Waals surface area contributed by atoms with Crippen LogP contribution in [-0.4, -0.2) is 38.9 Å². The number of hydrogen-bond donors (Lipinski definition) is 2. The highest BCUT2D eigenvalue weighted by molar-refractivity contribution is 7.99. The number of carbonyl (C=O) groups is 2. The van der Waals surface area contributed by atoms with Gasteiger partial charge in [-0.05, 0) is 38.0 Å². The lowest BCUT2D eigenvalue weighted by Gasteiger charge is -2.09. The van der Waals surface area contributed by atoms with Crippen LogP contribution < -0.4 is 10.6 Å². The second-order valence-electron chi connectivity index (χ2n) is 7.07. The molecule has 1 heterocycles. The van der Waals surface area contributed by atoms with Crippen molar-refractivity contribution in [3.05, 3.63) is 77.1 Å². The Morgan fingerprint density at radius 2 is 1.84 bits per heavy atom. The number of nitrogens with zero attached hydrogens (tertiary/aromatic N) is 3. The highest BCUT2D eigenvalue weighted by Gasteiger charge is 2.14. The fraction of sp³-hybridized carbons (Fsp3) is 0.304. The number of nitrogens with one attached hydrogen (secondary N) is 2. The van der Waals surface area contributed by atoms with Crippen LogP contribution in [-0.2, 0) is 24.3 Å². The van der Waals surface area contributed by atoms with Crippen LogP contribution >= 0.6 is 11.8 Å². The third-order valence-corrected chi connectivity index (χ3v) is 5.67. The summed E-state index contributed by atoms with van der Waals surface area (Å²) in [6.07, 6.45) is 0.799. The van der Waals surface area contributed by atoms with Crippen molar-refractivity contribution >= 4 is 23.6 Å². The van der Waals surface area contributed by atoms with E-state index in [1.54, 1.807) is 6.07 Å². The Hall–Kier alpha value is -3.13. The lowest BCUT2D eigenvalue weighted by atomic mass is 10.1. The van der Waals surface area contributed by atoms with E-state index in [0.717, 1.165) is 12.0 Å². The molecule has 0 aliphatic carbocycles. The minimum Gasteiger partial charge on any atom is -0.355 e. The van der Waals surface area contributed by atoms with Crippen molar-refractivity contribution in [1.82, 2.24) is 25.4 Å². The second-order valence-corrected chi connectivity index (χ2v) is 8.01. The van der Waals surface area contributed by atoms with Gasteiger partial charge < -0.3 is 15.2 Å². The molecule has 7 nitrogen and oxygen atoms in total. The summed E-state index contributed by atoms with van der Waals surface area (Å²) < 4.78 is 1.92. The van der Waals surface area contributed by atoms with Crippen LogP contribution in [0, 0.1) is 6.92 Å². The van der Waals surface area contributed by atoms with Crippen LogP contribution in [0.4, 0.5) is 0 Å². The van der Waals surface area contributed by atoms with Gasteiger partial charge in [0.25, 0.3) is 5.91 Å². The first-order valence-electron chi connectivity index (χ1n) is 10.3. The van der Waals surface area contributed by atoms with Gasteiger partial charge in [0.15, 0.2) is 11.0 Å². The molecule has 162 valence electrons. The van der Waals surface area contributed by atoms with E-state index in [0.29, 0.717) is 29.6 Å². The molecule has 31 heavy (non-hydrogen) atoms. The Balaban J connectivity index is 1.47. The zero-order valence-corrected chi connectivity index (χ0v) is 18.6. The maximum atomic E-state index is 12.4. The molecule has 0 atom stereocenters. The van der Waals surface area contributed by atoms with E-state index in [1.165, 1.54) is 17.3 Å². The van der Waals surface area contributed by atoms with Crippen molar-refractivity contribution < 1.29 is 9.59 Å². The van der Waals surface area contributed by atoms with Crippen LogP contribution in [0.25, 0.3) is 0 Å². The normalized spacial score (nSPS) is 10.6. The van der Waals surface area contributed by atoms with Crippen molar-refractivity contribution in [3.63, 3.8) is 0 Å². The zero-order chi connectivity index (χ0) is 22.1. The first kappa shape index (κ1) is 22.6. The van der Waals surface area contributed by atoms with Crippen LogP contribution in [0.15, 0.2) is 59.8 Å². The van der Waals surface area contributed by atoms with E-state index in [2.05, 4.69) is 20.8 Å². The lowest BCUT2D eigenvalue weighted by molar-refractivity contribution is -0.118. The minimum absolute atomic E-state index is 0.0408. The van der Waals surface area contributed by atoms with E-state index in [4.69, 9.17) is 0 Å². The lowest BCUT2D eigenvalue weighted by Crippen LogP contribution is -2.27. The predicted octanol–water partition coefficient (Wildman–Crippen LogP) is 2.99. The van der Waals surface area contributed by atoms with E-state index in [9.17, 15) is 9.59 Å². The molecule has 0 spiro atoms. The molecule has 2 amide bonds. The molecule has 3 aromatic rings. The third kappa shape index (κ3) is 6.68. The van der Waals surface area contributed by atoms with E-state index in [1.807, 2.05) is 66.9 Å². The summed E-state index contributed by atoms with van der Waals surface area (Å²) in [4.78, 5) is 24.5. The maximum Gasteiger partial charge on any atom is 0.251 e. The molecule has 0 aliphatic heterocycles. The highest BCUT2D eigenvalue weighted by Crippen LogP contribution is 2.17. The van der Waals surface area contributed by atoms with Gasteiger partial charge in [-0.1, -0.05) is 59.8 Å². The van der Waals surface area contributed by atoms with Gasteiger partial charge in [-0.15, -0.1) is 10.2 Å². The van der Waals surface area contributed by atoms with Gasteiger partial charge >= 0.3 is 0 Å². The number of rotatable bonds is 10. The Morgan fingerprint density at radius 3 is 2.58 bits per heavy atom. The van der Waals surface area contributed by atoms with Crippen LogP contribution in [0.1, 0.15) is 34.2 Å². The fourth-order valence-electron chi connectivity index (χ4n) is 3.09. The van der Waals surface area contributed by atoms with E-state index >= 15 is 0 Å². The molecule has 2 aromatic carbocycles. The highest BCUT2D eigenvalue weighted by atomic mass is 32.2. The van der Waals surface area contributed by atoms with E-state index < -0.39 is 0 Å². The van der Waals surface area contributed by atoms with Gasteiger partial charge in [0.05, 0.1) is 12.3 Å². The Labute approximate surface area is 186 Å². The number of carbonyl (C=O) groups excluding carboxylic acids is 2. The molecule has 1 aromatic heterocycles. The van der Waals surface area contributed by atoms with Gasteiger partial charge in [-0.2, -0.15) is 0 Å². The third-order valence-electron chi connectivity index (χ3n) is 4.71. The van der Waals surface area contributed by atoms with Gasteiger partial charge in [0, 0.05) is 18.7 Å². The van der Waals surface area contributed by atoms with Crippen molar-refractivity contribution in [2.75, 3.05) is 12.3 Å². The van der Waals surface area contributed by atoms with Gasteiger partial charge in [-0.3, -0.25) is 9.59 Å². The molecule has 0 radical (unpaired) electrons. The van der Waals surface area contributed by atoms with Crippen LogP contribution in [0.5, 0.6) is 0 Å². The van der Waals surface area contributed by atoms with Crippen molar-refractivity contribution in [2.24, 2.45) is 0 Å². The Kier molecular flexibility index (Phi) is 8.23.